The van der Waals surface area contributed by atoms with Crippen LogP contribution in [0.15, 0.2) is 79.9 Å². The van der Waals surface area contributed by atoms with Crippen LogP contribution in [0.25, 0.3) is 0 Å². The number of anilines is 2. The molecule has 0 spiro atoms. The van der Waals surface area contributed by atoms with Crippen molar-refractivity contribution < 1.29 is 0 Å². The van der Waals surface area contributed by atoms with E-state index in [1.54, 1.807) is 12.2 Å². The smallest absolute Gasteiger partial charge is 0.0437 e. The summed E-state index contributed by atoms with van der Waals surface area (Å²) in [5.41, 5.74) is 3.76. The average Bonchev–Trinajstić information content (AvgIpc) is 2.50. The molecule has 0 aromatic heterocycles. The van der Waals surface area contributed by atoms with E-state index in [2.05, 4.69) is 80.6 Å². The Morgan fingerprint density at radius 3 is 1.71 bits per heavy atom. The van der Waals surface area contributed by atoms with E-state index in [-0.39, 0.29) is 0 Å². The normalized spacial score (nSPS) is 8.38. The Kier molecular flexibility index (Phi) is 10.3. The van der Waals surface area contributed by atoms with Crippen molar-refractivity contribution in [1.29, 1.82) is 0 Å². The van der Waals surface area contributed by atoms with Crippen LogP contribution in [0.2, 0.25) is 0 Å². The third-order valence-corrected chi connectivity index (χ3v) is 2.62. The molecule has 0 heterocycles. The number of rotatable bonds is 2. The van der Waals surface area contributed by atoms with Gasteiger partial charge < -0.3 is 4.90 Å². The van der Waals surface area contributed by atoms with Gasteiger partial charge in [0.1, 0.15) is 0 Å². The molecule has 0 fully saturated rings. The molecule has 1 heteroatoms. The van der Waals surface area contributed by atoms with Crippen LogP contribution in [0.5, 0.6) is 0 Å². The van der Waals surface area contributed by atoms with Gasteiger partial charge in [-0.15, -0.1) is 13.2 Å². The van der Waals surface area contributed by atoms with Crippen LogP contribution in [-0.4, -0.2) is 7.05 Å². The molecule has 0 unspecified atom stereocenters. The number of nitrogens with zero attached hydrogens (tertiary/aromatic N) is 1. The molecular formula is C20H27N. The van der Waals surface area contributed by atoms with Crippen molar-refractivity contribution in [2.24, 2.45) is 0 Å². The zero-order chi connectivity index (χ0) is 16.1. The topological polar surface area (TPSA) is 3.24 Å². The fraction of sp³-hybridized carbons (Fsp3) is 0.200. The number of aryl methyl sites for hydroxylation is 1. The van der Waals surface area contributed by atoms with Crippen LogP contribution in [0.4, 0.5) is 11.4 Å². The molecule has 0 aliphatic heterocycles. The molecule has 0 bridgehead atoms. The second-order valence-electron chi connectivity index (χ2n) is 4.50. The molecule has 0 saturated carbocycles. The standard InChI is InChI=1S/C14H15N.2C3H6/c1-12-8-6-7-11-14(12)15(2)13-9-4-3-5-10-13;2*1-3-2/h3-11H,1-2H3;2*3H,1H2,2H3. The van der Waals surface area contributed by atoms with E-state index in [4.69, 9.17) is 0 Å². The summed E-state index contributed by atoms with van der Waals surface area (Å²) >= 11 is 0. The predicted molar refractivity (Wildman–Crippen MR) is 97.4 cm³/mol. The first-order chi connectivity index (χ1) is 10.1. The first-order valence-corrected chi connectivity index (χ1v) is 7.10. The van der Waals surface area contributed by atoms with Gasteiger partial charge in [-0.2, -0.15) is 0 Å². The van der Waals surface area contributed by atoms with E-state index in [0.29, 0.717) is 0 Å². The van der Waals surface area contributed by atoms with Gasteiger partial charge in [-0.05, 0) is 44.5 Å². The number of allylic oxidation sites excluding steroid dienone is 2. The van der Waals surface area contributed by atoms with Crippen molar-refractivity contribution in [3.63, 3.8) is 0 Å². The van der Waals surface area contributed by atoms with E-state index in [1.807, 2.05) is 19.9 Å². The Morgan fingerprint density at radius 1 is 0.810 bits per heavy atom. The molecule has 21 heavy (non-hydrogen) atoms. The fourth-order valence-corrected chi connectivity index (χ4v) is 1.73. The lowest BCUT2D eigenvalue weighted by Gasteiger charge is -2.21. The highest BCUT2D eigenvalue weighted by Gasteiger charge is 2.04. The maximum atomic E-state index is 3.36. The summed E-state index contributed by atoms with van der Waals surface area (Å²) in [5.74, 6) is 0. The maximum absolute atomic E-state index is 3.36. The molecule has 0 N–H and O–H groups in total. The number of benzene rings is 2. The predicted octanol–water partition coefficient (Wildman–Crippen LogP) is 6.15. The molecule has 0 atom stereocenters. The number of para-hydroxylation sites is 2. The van der Waals surface area contributed by atoms with Crippen LogP contribution in [0.1, 0.15) is 19.4 Å². The SMILES string of the molecule is C=CC.C=CC.Cc1ccccc1N(C)c1ccccc1. The van der Waals surface area contributed by atoms with Crippen molar-refractivity contribution in [2.75, 3.05) is 11.9 Å². The molecule has 0 saturated heterocycles. The highest BCUT2D eigenvalue weighted by atomic mass is 15.1. The zero-order valence-electron chi connectivity index (χ0n) is 13.7. The number of hydrogen-bond acceptors (Lipinski definition) is 1. The summed E-state index contributed by atoms with van der Waals surface area (Å²) in [5, 5.41) is 0. The van der Waals surface area contributed by atoms with Gasteiger partial charge in [0, 0.05) is 18.4 Å². The Hall–Kier alpha value is -2.28. The molecule has 2 rings (SSSR count). The van der Waals surface area contributed by atoms with Gasteiger partial charge in [0.2, 0.25) is 0 Å². The monoisotopic (exact) mass is 281 g/mol. The van der Waals surface area contributed by atoms with E-state index >= 15 is 0 Å². The third kappa shape index (κ3) is 7.17. The molecule has 1 nitrogen and oxygen atoms in total. The van der Waals surface area contributed by atoms with Crippen molar-refractivity contribution in [2.45, 2.75) is 20.8 Å². The van der Waals surface area contributed by atoms with Gasteiger partial charge >= 0.3 is 0 Å². The fourth-order valence-electron chi connectivity index (χ4n) is 1.73. The molecular weight excluding hydrogens is 254 g/mol. The molecule has 0 aliphatic carbocycles. The zero-order valence-corrected chi connectivity index (χ0v) is 13.7. The van der Waals surface area contributed by atoms with Gasteiger partial charge in [-0.1, -0.05) is 48.6 Å². The maximum Gasteiger partial charge on any atom is 0.0437 e. The summed E-state index contributed by atoms with van der Waals surface area (Å²) in [6, 6.07) is 18.8. The highest BCUT2D eigenvalue weighted by Crippen LogP contribution is 2.25. The van der Waals surface area contributed by atoms with Gasteiger partial charge in [0.15, 0.2) is 0 Å². The Labute approximate surface area is 130 Å². The van der Waals surface area contributed by atoms with Crippen molar-refractivity contribution in [1.82, 2.24) is 0 Å². The van der Waals surface area contributed by atoms with Gasteiger partial charge in [-0.25, -0.2) is 0 Å². The summed E-state index contributed by atoms with van der Waals surface area (Å²) in [6.45, 7) is 12.6. The third-order valence-electron chi connectivity index (χ3n) is 2.62. The second-order valence-corrected chi connectivity index (χ2v) is 4.50. The van der Waals surface area contributed by atoms with E-state index in [9.17, 15) is 0 Å². The molecule has 2 aromatic carbocycles. The quantitative estimate of drug-likeness (QED) is 0.597. The van der Waals surface area contributed by atoms with Crippen LogP contribution in [-0.2, 0) is 0 Å². The van der Waals surface area contributed by atoms with E-state index in [1.165, 1.54) is 16.9 Å². The Bertz CT molecular complexity index is 508. The average molecular weight is 281 g/mol. The molecule has 0 aliphatic rings. The minimum absolute atomic E-state index is 1.21. The highest BCUT2D eigenvalue weighted by molar-refractivity contribution is 5.65. The van der Waals surface area contributed by atoms with E-state index < -0.39 is 0 Å². The molecule has 2 aromatic rings. The molecule has 112 valence electrons. The summed E-state index contributed by atoms with van der Waals surface area (Å²) in [4.78, 5) is 2.20. The van der Waals surface area contributed by atoms with Crippen molar-refractivity contribution in [3.05, 3.63) is 85.5 Å². The first kappa shape index (κ1) is 18.7. The Morgan fingerprint density at radius 2 is 1.24 bits per heavy atom. The summed E-state index contributed by atoms with van der Waals surface area (Å²) in [7, 11) is 2.09. The minimum atomic E-state index is 1.21. The van der Waals surface area contributed by atoms with Crippen LogP contribution < -0.4 is 4.90 Å². The first-order valence-electron chi connectivity index (χ1n) is 7.10. The van der Waals surface area contributed by atoms with Gasteiger partial charge in [0.25, 0.3) is 0 Å². The minimum Gasteiger partial charge on any atom is -0.344 e. The van der Waals surface area contributed by atoms with Crippen molar-refractivity contribution in [3.8, 4) is 0 Å². The van der Waals surface area contributed by atoms with Crippen LogP contribution >= 0.6 is 0 Å². The van der Waals surface area contributed by atoms with E-state index in [0.717, 1.165) is 0 Å². The lowest BCUT2D eigenvalue weighted by molar-refractivity contribution is 1.18. The molecule has 0 amide bonds. The summed E-state index contributed by atoms with van der Waals surface area (Å²) in [6.07, 6.45) is 3.50. The summed E-state index contributed by atoms with van der Waals surface area (Å²) < 4.78 is 0. The van der Waals surface area contributed by atoms with Gasteiger partial charge in [0.05, 0.1) is 0 Å². The lowest BCUT2D eigenvalue weighted by atomic mass is 10.1. The Balaban J connectivity index is 0.000000578. The lowest BCUT2D eigenvalue weighted by Crippen LogP contribution is -2.10. The second kappa shape index (κ2) is 11.5. The van der Waals surface area contributed by atoms with Crippen molar-refractivity contribution >= 4 is 11.4 Å². The van der Waals surface area contributed by atoms with Crippen LogP contribution in [0.3, 0.4) is 0 Å². The largest absolute Gasteiger partial charge is 0.344 e. The molecule has 0 radical (unpaired) electrons. The van der Waals surface area contributed by atoms with Crippen LogP contribution in [0, 0.1) is 6.92 Å². The van der Waals surface area contributed by atoms with Gasteiger partial charge in [-0.3, -0.25) is 0 Å². The number of hydrogen-bond donors (Lipinski definition) is 0.